The molecule has 0 bridgehead atoms. The van der Waals surface area contributed by atoms with Gasteiger partial charge in [-0.25, -0.2) is 5.84 Å². The summed E-state index contributed by atoms with van der Waals surface area (Å²) >= 11 is 0. The van der Waals surface area contributed by atoms with Gasteiger partial charge in [-0.2, -0.15) is 0 Å². The van der Waals surface area contributed by atoms with E-state index >= 15 is 0 Å². The Hall–Kier alpha value is -2.40. The van der Waals surface area contributed by atoms with Crippen molar-refractivity contribution >= 4 is 5.91 Å². The zero-order valence-corrected chi connectivity index (χ0v) is 11.5. The molecule has 20 heavy (non-hydrogen) atoms. The Morgan fingerprint density at radius 1 is 1.30 bits per heavy atom. The summed E-state index contributed by atoms with van der Waals surface area (Å²) in [5, 5.41) is 0. The molecule has 0 aliphatic carbocycles. The number of ether oxygens (including phenoxy) is 1. The highest BCUT2D eigenvalue weighted by molar-refractivity contribution is 5.77. The first-order valence-corrected chi connectivity index (χ1v) is 6.26. The summed E-state index contributed by atoms with van der Waals surface area (Å²) in [6.07, 6.45) is 1.76. The van der Waals surface area contributed by atoms with Crippen LogP contribution in [0.15, 0.2) is 36.5 Å². The van der Waals surface area contributed by atoms with Crippen LogP contribution < -0.4 is 16.0 Å². The predicted octanol–water partition coefficient (Wildman–Crippen LogP) is 1.73. The second kappa shape index (κ2) is 6.16. The summed E-state index contributed by atoms with van der Waals surface area (Å²) in [6, 6.07) is 9.77. The monoisotopic (exact) mass is 271 g/mol. The number of amides is 1. The summed E-state index contributed by atoms with van der Waals surface area (Å²) in [4.78, 5) is 15.5. The molecule has 0 unspecified atom stereocenters. The van der Waals surface area contributed by atoms with Crippen molar-refractivity contribution in [1.82, 2.24) is 10.4 Å². The standard InChI is InChI=1S/C15H17N3O2/c1-10-7-12(13-5-3-4-6-17-13)8-11(2)15(10)20-9-14(19)18-16/h3-8H,9,16H2,1-2H3,(H,18,19). The molecular formula is C15H17N3O2. The summed E-state index contributed by atoms with van der Waals surface area (Å²) in [5.41, 5.74) is 5.88. The average molecular weight is 271 g/mol. The van der Waals surface area contributed by atoms with Gasteiger partial charge in [-0.3, -0.25) is 15.2 Å². The van der Waals surface area contributed by atoms with E-state index in [1.807, 2.05) is 49.6 Å². The van der Waals surface area contributed by atoms with E-state index in [0.717, 1.165) is 22.4 Å². The number of carbonyl (C=O) groups is 1. The van der Waals surface area contributed by atoms with E-state index in [2.05, 4.69) is 4.98 Å². The van der Waals surface area contributed by atoms with Gasteiger partial charge in [0.2, 0.25) is 0 Å². The molecule has 0 spiro atoms. The highest BCUT2D eigenvalue weighted by Crippen LogP contribution is 2.29. The van der Waals surface area contributed by atoms with Gasteiger partial charge in [-0.05, 0) is 49.2 Å². The van der Waals surface area contributed by atoms with E-state index in [1.54, 1.807) is 6.20 Å². The number of pyridine rings is 1. The van der Waals surface area contributed by atoms with Crippen LogP contribution in [0.4, 0.5) is 0 Å². The molecule has 1 amide bonds. The molecule has 1 aromatic carbocycles. The number of nitrogens with one attached hydrogen (secondary N) is 1. The molecule has 0 fully saturated rings. The molecule has 2 aromatic rings. The molecular weight excluding hydrogens is 254 g/mol. The van der Waals surface area contributed by atoms with Crippen molar-refractivity contribution in [1.29, 1.82) is 0 Å². The number of carbonyl (C=O) groups excluding carboxylic acids is 1. The molecule has 1 aromatic heterocycles. The lowest BCUT2D eigenvalue weighted by atomic mass is 10.0. The van der Waals surface area contributed by atoms with Crippen LogP contribution >= 0.6 is 0 Å². The van der Waals surface area contributed by atoms with Crippen LogP contribution in [-0.2, 0) is 4.79 Å². The van der Waals surface area contributed by atoms with Gasteiger partial charge in [0.05, 0.1) is 5.69 Å². The van der Waals surface area contributed by atoms with E-state index in [0.29, 0.717) is 5.75 Å². The largest absolute Gasteiger partial charge is 0.483 e. The van der Waals surface area contributed by atoms with Crippen molar-refractivity contribution in [2.24, 2.45) is 5.84 Å². The molecule has 104 valence electrons. The number of aryl methyl sites for hydroxylation is 2. The first-order valence-electron chi connectivity index (χ1n) is 6.26. The molecule has 0 atom stereocenters. The average Bonchev–Trinajstić information content (AvgIpc) is 2.46. The highest BCUT2D eigenvalue weighted by Gasteiger charge is 2.10. The van der Waals surface area contributed by atoms with Crippen LogP contribution in [0.2, 0.25) is 0 Å². The van der Waals surface area contributed by atoms with Gasteiger partial charge in [-0.15, -0.1) is 0 Å². The van der Waals surface area contributed by atoms with Crippen molar-refractivity contribution in [2.45, 2.75) is 13.8 Å². The van der Waals surface area contributed by atoms with Gasteiger partial charge in [0, 0.05) is 11.8 Å². The van der Waals surface area contributed by atoms with E-state index in [4.69, 9.17) is 10.6 Å². The third-order valence-electron chi connectivity index (χ3n) is 2.93. The SMILES string of the molecule is Cc1cc(-c2ccccn2)cc(C)c1OCC(=O)NN. The lowest BCUT2D eigenvalue weighted by molar-refractivity contribution is -0.123. The Balaban J connectivity index is 2.27. The first-order chi connectivity index (χ1) is 9.61. The Morgan fingerprint density at radius 3 is 2.55 bits per heavy atom. The highest BCUT2D eigenvalue weighted by atomic mass is 16.5. The van der Waals surface area contributed by atoms with Gasteiger partial charge in [0.1, 0.15) is 5.75 Å². The minimum Gasteiger partial charge on any atom is -0.483 e. The molecule has 5 heteroatoms. The first kappa shape index (κ1) is 14.0. The molecule has 3 N–H and O–H groups in total. The van der Waals surface area contributed by atoms with Gasteiger partial charge in [0.25, 0.3) is 5.91 Å². The molecule has 5 nitrogen and oxygen atoms in total. The maximum absolute atomic E-state index is 11.1. The Labute approximate surface area is 117 Å². The smallest absolute Gasteiger partial charge is 0.271 e. The number of nitrogens with two attached hydrogens (primary N) is 1. The van der Waals surface area contributed by atoms with Crippen LogP contribution in [0.1, 0.15) is 11.1 Å². The minimum absolute atomic E-state index is 0.0961. The fourth-order valence-electron chi connectivity index (χ4n) is 2.04. The van der Waals surface area contributed by atoms with Crippen molar-refractivity contribution in [3.05, 3.63) is 47.7 Å². The number of benzene rings is 1. The second-order valence-electron chi connectivity index (χ2n) is 4.51. The van der Waals surface area contributed by atoms with Gasteiger partial charge >= 0.3 is 0 Å². The maximum Gasteiger partial charge on any atom is 0.271 e. The number of aromatic nitrogens is 1. The minimum atomic E-state index is -0.363. The van der Waals surface area contributed by atoms with Crippen molar-refractivity contribution < 1.29 is 9.53 Å². The molecule has 0 saturated carbocycles. The Kier molecular flexibility index (Phi) is 4.32. The fourth-order valence-corrected chi connectivity index (χ4v) is 2.04. The quantitative estimate of drug-likeness (QED) is 0.504. The topological polar surface area (TPSA) is 77.2 Å². The van der Waals surface area contributed by atoms with Gasteiger partial charge < -0.3 is 4.74 Å². The molecule has 2 rings (SSSR count). The maximum atomic E-state index is 11.1. The van der Waals surface area contributed by atoms with Gasteiger partial charge in [-0.1, -0.05) is 6.07 Å². The van der Waals surface area contributed by atoms with Crippen LogP contribution in [0.5, 0.6) is 5.75 Å². The molecule has 0 radical (unpaired) electrons. The van der Waals surface area contributed by atoms with Crippen molar-refractivity contribution in [3.8, 4) is 17.0 Å². The van der Waals surface area contributed by atoms with Crippen LogP contribution in [0.25, 0.3) is 11.3 Å². The predicted molar refractivity (Wildman–Crippen MR) is 77.0 cm³/mol. The third kappa shape index (κ3) is 3.13. The lowest BCUT2D eigenvalue weighted by Crippen LogP contribution is -2.34. The normalized spacial score (nSPS) is 10.2. The lowest BCUT2D eigenvalue weighted by Gasteiger charge is -2.13. The number of hydrogen-bond donors (Lipinski definition) is 2. The Morgan fingerprint density at radius 2 is 2.00 bits per heavy atom. The summed E-state index contributed by atoms with van der Waals surface area (Å²) in [5.74, 6) is 5.36. The van der Waals surface area contributed by atoms with Crippen molar-refractivity contribution in [2.75, 3.05) is 6.61 Å². The number of nitrogens with zero attached hydrogens (tertiary/aromatic N) is 1. The molecule has 0 aliphatic rings. The van der Waals surface area contributed by atoms with E-state index in [-0.39, 0.29) is 12.5 Å². The van der Waals surface area contributed by atoms with Gasteiger partial charge in [0.15, 0.2) is 6.61 Å². The van der Waals surface area contributed by atoms with Crippen LogP contribution in [-0.4, -0.2) is 17.5 Å². The van der Waals surface area contributed by atoms with E-state index in [1.165, 1.54) is 0 Å². The zero-order valence-electron chi connectivity index (χ0n) is 11.5. The number of hydrazine groups is 1. The molecule has 0 saturated heterocycles. The second-order valence-corrected chi connectivity index (χ2v) is 4.51. The number of hydrogen-bond acceptors (Lipinski definition) is 4. The van der Waals surface area contributed by atoms with E-state index in [9.17, 15) is 4.79 Å². The van der Waals surface area contributed by atoms with Crippen LogP contribution in [0, 0.1) is 13.8 Å². The number of rotatable bonds is 4. The molecule has 0 aliphatic heterocycles. The molecule has 1 heterocycles. The summed E-state index contributed by atoms with van der Waals surface area (Å²) < 4.78 is 5.50. The van der Waals surface area contributed by atoms with E-state index < -0.39 is 0 Å². The zero-order chi connectivity index (χ0) is 14.5. The van der Waals surface area contributed by atoms with Crippen LogP contribution in [0.3, 0.4) is 0 Å². The summed E-state index contributed by atoms with van der Waals surface area (Å²) in [6.45, 7) is 3.78. The third-order valence-corrected chi connectivity index (χ3v) is 2.93. The Bertz CT molecular complexity index is 589. The fraction of sp³-hybridized carbons (Fsp3) is 0.200. The van der Waals surface area contributed by atoms with Crippen molar-refractivity contribution in [3.63, 3.8) is 0 Å². The summed E-state index contributed by atoms with van der Waals surface area (Å²) in [7, 11) is 0.